The van der Waals surface area contributed by atoms with Gasteiger partial charge in [0.1, 0.15) is 11.6 Å². The average Bonchev–Trinajstić information content (AvgIpc) is 3.04. The summed E-state index contributed by atoms with van der Waals surface area (Å²) in [5.41, 5.74) is 6.26. The third-order valence-corrected chi connectivity index (χ3v) is 5.03. The fraction of sp³-hybridized carbons (Fsp3) is 0.318. The van der Waals surface area contributed by atoms with Crippen LogP contribution >= 0.6 is 0 Å². The van der Waals surface area contributed by atoms with E-state index in [4.69, 9.17) is 0 Å². The van der Waals surface area contributed by atoms with Crippen LogP contribution in [0.3, 0.4) is 0 Å². The monoisotopic (exact) mass is 393 g/mol. The Morgan fingerprint density at radius 3 is 2.62 bits per heavy atom. The minimum atomic E-state index is -0.328. The molecule has 0 unspecified atom stereocenters. The Kier molecular flexibility index (Phi) is 6.16. The summed E-state index contributed by atoms with van der Waals surface area (Å²) in [5, 5.41) is 14.2. The van der Waals surface area contributed by atoms with Crippen molar-refractivity contribution < 1.29 is 9.90 Å². The fourth-order valence-electron chi connectivity index (χ4n) is 3.44. The van der Waals surface area contributed by atoms with E-state index >= 15 is 0 Å². The van der Waals surface area contributed by atoms with Gasteiger partial charge in [-0.15, -0.1) is 0 Å². The number of benzene rings is 2. The van der Waals surface area contributed by atoms with Crippen LogP contribution in [-0.4, -0.2) is 39.9 Å². The molecule has 0 aliphatic carbocycles. The Bertz CT molecular complexity index is 1050. The van der Waals surface area contributed by atoms with Crippen LogP contribution in [0.4, 0.5) is 5.69 Å². The van der Waals surface area contributed by atoms with E-state index < -0.39 is 0 Å². The van der Waals surface area contributed by atoms with Crippen LogP contribution in [0.15, 0.2) is 41.5 Å². The zero-order valence-corrected chi connectivity index (χ0v) is 17.3. The van der Waals surface area contributed by atoms with Gasteiger partial charge in [-0.2, -0.15) is 5.10 Å². The second kappa shape index (κ2) is 8.77. The number of carbonyl (C=O) groups is 1. The predicted octanol–water partition coefficient (Wildman–Crippen LogP) is 3.68. The number of fused-ring (bicyclic) bond motifs is 1. The number of phenols is 1. The van der Waals surface area contributed by atoms with Crippen molar-refractivity contribution in [1.29, 1.82) is 0 Å². The molecule has 7 nitrogen and oxygen atoms in total. The molecule has 1 amide bonds. The quantitative estimate of drug-likeness (QED) is 0.474. The first-order valence-electron chi connectivity index (χ1n) is 9.86. The van der Waals surface area contributed by atoms with E-state index in [-0.39, 0.29) is 11.7 Å². The molecule has 2 N–H and O–H groups in total. The van der Waals surface area contributed by atoms with Crippen LogP contribution in [-0.2, 0) is 6.54 Å². The zero-order chi connectivity index (χ0) is 21.0. The van der Waals surface area contributed by atoms with Crippen molar-refractivity contribution in [3.63, 3.8) is 0 Å². The van der Waals surface area contributed by atoms with Crippen LogP contribution in [0, 0.1) is 6.92 Å². The molecule has 0 fully saturated rings. The van der Waals surface area contributed by atoms with Crippen LogP contribution < -0.4 is 10.3 Å². The summed E-state index contributed by atoms with van der Waals surface area (Å²) in [6.07, 6.45) is 1.44. The molecule has 2 aromatic carbocycles. The van der Waals surface area contributed by atoms with E-state index in [9.17, 15) is 9.90 Å². The second-order valence-electron chi connectivity index (χ2n) is 6.72. The molecule has 0 saturated heterocycles. The number of aromatic hydroxyl groups is 1. The Hall–Kier alpha value is -3.35. The maximum Gasteiger partial charge on any atom is 0.271 e. The standard InChI is InChI=1S/C22H27N5O2/c1-5-26(6-2)18-10-8-17(21(28)13-18)14-23-25-22(29)16-9-11-20-19(12-16)24-15(4)27(20)7-3/h8-14,28H,5-7H2,1-4H3,(H,25,29). The van der Waals surface area contributed by atoms with Gasteiger partial charge in [0.25, 0.3) is 5.91 Å². The highest BCUT2D eigenvalue weighted by Crippen LogP contribution is 2.23. The Labute approximate surface area is 170 Å². The molecule has 1 aromatic heterocycles. The van der Waals surface area contributed by atoms with E-state index in [1.165, 1.54) is 6.21 Å². The zero-order valence-electron chi connectivity index (χ0n) is 17.3. The van der Waals surface area contributed by atoms with Gasteiger partial charge >= 0.3 is 0 Å². The number of nitrogens with zero attached hydrogens (tertiary/aromatic N) is 4. The molecule has 152 valence electrons. The first-order valence-corrected chi connectivity index (χ1v) is 9.86. The minimum absolute atomic E-state index is 0.120. The number of nitrogens with one attached hydrogen (secondary N) is 1. The van der Waals surface area contributed by atoms with E-state index in [0.29, 0.717) is 11.1 Å². The largest absolute Gasteiger partial charge is 0.507 e. The highest BCUT2D eigenvalue weighted by molar-refractivity contribution is 5.98. The molecule has 1 heterocycles. The summed E-state index contributed by atoms with van der Waals surface area (Å²) >= 11 is 0. The smallest absolute Gasteiger partial charge is 0.271 e. The third-order valence-electron chi connectivity index (χ3n) is 5.03. The van der Waals surface area contributed by atoms with Gasteiger partial charge in [0.05, 0.1) is 17.2 Å². The molecule has 0 spiro atoms. The number of hydrazone groups is 1. The number of hydrogen-bond donors (Lipinski definition) is 2. The minimum Gasteiger partial charge on any atom is -0.507 e. The second-order valence-corrected chi connectivity index (χ2v) is 6.72. The number of aryl methyl sites for hydroxylation is 2. The van der Waals surface area contributed by atoms with Gasteiger partial charge in [0.2, 0.25) is 0 Å². The molecule has 0 bridgehead atoms. The molecule has 0 aliphatic heterocycles. The van der Waals surface area contributed by atoms with Crippen molar-refractivity contribution in [3.8, 4) is 5.75 Å². The molecule has 0 aliphatic rings. The maximum atomic E-state index is 12.4. The average molecular weight is 393 g/mol. The third kappa shape index (κ3) is 4.23. The lowest BCUT2D eigenvalue weighted by Gasteiger charge is -2.21. The van der Waals surface area contributed by atoms with Crippen molar-refractivity contribution in [3.05, 3.63) is 53.3 Å². The summed E-state index contributed by atoms with van der Waals surface area (Å²) in [5.74, 6) is 0.710. The number of hydrogen-bond acceptors (Lipinski definition) is 5. The molecule has 3 rings (SSSR count). The fourth-order valence-corrected chi connectivity index (χ4v) is 3.44. The topological polar surface area (TPSA) is 82.8 Å². The van der Waals surface area contributed by atoms with E-state index in [1.807, 2.05) is 19.1 Å². The summed E-state index contributed by atoms with van der Waals surface area (Å²) in [4.78, 5) is 19.1. The lowest BCUT2D eigenvalue weighted by Crippen LogP contribution is -2.21. The highest BCUT2D eigenvalue weighted by atomic mass is 16.3. The molecule has 0 saturated carbocycles. The van der Waals surface area contributed by atoms with Crippen molar-refractivity contribution >= 4 is 28.8 Å². The molecular weight excluding hydrogens is 366 g/mol. The van der Waals surface area contributed by atoms with E-state index in [0.717, 1.165) is 42.2 Å². The van der Waals surface area contributed by atoms with Crippen LogP contribution in [0.5, 0.6) is 5.75 Å². The normalized spacial score (nSPS) is 11.3. The van der Waals surface area contributed by atoms with E-state index in [1.54, 1.807) is 24.3 Å². The summed E-state index contributed by atoms with van der Waals surface area (Å²) in [7, 11) is 0. The van der Waals surface area contributed by atoms with Crippen molar-refractivity contribution in [2.24, 2.45) is 5.10 Å². The number of carbonyl (C=O) groups excluding carboxylic acids is 1. The Morgan fingerprint density at radius 2 is 1.97 bits per heavy atom. The Balaban J connectivity index is 1.72. The highest BCUT2D eigenvalue weighted by Gasteiger charge is 2.11. The Morgan fingerprint density at radius 1 is 1.21 bits per heavy atom. The molecule has 7 heteroatoms. The number of phenolic OH excluding ortho intramolecular Hbond substituents is 1. The maximum absolute atomic E-state index is 12.4. The molecule has 0 radical (unpaired) electrons. The van der Waals surface area contributed by atoms with Crippen molar-refractivity contribution in [2.45, 2.75) is 34.2 Å². The van der Waals surface area contributed by atoms with Gasteiger partial charge in [-0.25, -0.2) is 10.4 Å². The number of anilines is 1. The van der Waals surface area contributed by atoms with Crippen molar-refractivity contribution in [2.75, 3.05) is 18.0 Å². The number of rotatable bonds is 7. The molecule has 0 atom stereocenters. The van der Waals surface area contributed by atoms with Gasteiger partial charge in [-0.3, -0.25) is 4.79 Å². The van der Waals surface area contributed by atoms with Gasteiger partial charge in [-0.05, 0) is 58.0 Å². The lowest BCUT2D eigenvalue weighted by atomic mass is 10.2. The summed E-state index contributed by atoms with van der Waals surface area (Å²) < 4.78 is 2.10. The number of aromatic nitrogens is 2. The predicted molar refractivity (Wildman–Crippen MR) is 117 cm³/mol. The van der Waals surface area contributed by atoms with Gasteiger partial charge in [-0.1, -0.05) is 0 Å². The first kappa shape index (κ1) is 20.4. The molecular formula is C22H27N5O2. The number of amides is 1. The van der Waals surface area contributed by atoms with E-state index in [2.05, 4.69) is 45.7 Å². The van der Waals surface area contributed by atoms with Crippen LogP contribution in [0.25, 0.3) is 11.0 Å². The first-order chi connectivity index (χ1) is 14.0. The van der Waals surface area contributed by atoms with Gasteiger partial charge in [0.15, 0.2) is 0 Å². The SMILES string of the molecule is CCN(CC)c1ccc(C=NNC(=O)c2ccc3c(c2)nc(C)n3CC)c(O)c1. The molecule has 3 aromatic rings. The lowest BCUT2D eigenvalue weighted by molar-refractivity contribution is 0.0955. The van der Waals surface area contributed by atoms with Gasteiger partial charge < -0.3 is 14.6 Å². The van der Waals surface area contributed by atoms with Crippen molar-refractivity contribution in [1.82, 2.24) is 15.0 Å². The summed E-state index contributed by atoms with van der Waals surface area (Å²) in [6.45, 7) is 10.7. The molecule has 29 heavy (non-hydrogen) atoms. The van der Waals surface area contributed by atoms with Crippen LogP contribution in [0.1, 0.15) is 42.5 Å². The van der Waals surface area contributed by atoms with Crippen LogP contribution in [0.2, 0.25) is 0 Å². The summed E-state index contributed by atoms with van der Waals surface area (Å²) in [6, 6.07) is 10.8. The van der Waals surface area contributed by atoms with Gasteiger partial charge in [0, 0.05) is 42.5 Å². The number of imidazole rings is 1.